The highest BCUT2D eigenvalue weighted by Crippen LogP contribution is 2.25. The summed E-state index contributed by atoms with van der Waals surface area (Å²) in [6.45, 7) is 3.39. The second kappa shape index (κ2) is 12.0. The minimum atomic E-state index is -0.113. The van der Waals surface area contributed by atoms with Crippen LogP contribution in [0.1, 0.15) is 17.5 Å². The number of amides is 1. The van der Waals surface area contributed by atoms with Crippen LogP contribution in [-0.4, -0.2) is 68.1 Å². The standard InChI is InChI=1S/C27H29ClN8O2/c1-38-23-6-4-20(5-7-23)16-31-26(37)13-22-18-34(17-21-3-2-8-29-15-21)11-12-36(22)25-14-24(28)32-27(33-25)35-10-9-30-19-35/h2-10,14-15,19,22H,11-13,16-18H2,1H3,(H,31,37). The Balaban J connectivity index is 1.33. The molecule has 1 atom stereocenters. The van der Waals surface area contributed by atoms with Crippen LogP contribution in [0.3, 0.4) is 0 Å². The van der Waals surface area contributed by atoms with Crippen molar-refractivity contribution in [2.45, 2.75) is 25.6 Å². The summed E-state index contributed by atoms with van der Waals surface area (Å²) in [6, 6.07) is 13.3. The van der Waals surface area contributed by atoms with E-state index in [0.717, 1.165) is 30.0 Å². The molecule has 0 radical (unpaired) electrons. The second-order valence-corrected chi connectivity index (χ2v) is 9.48. The number of benzene rings is 1. The van der Waals surface area contributed by atoms with E-state index in [2.05, 4.69) is 36.1 Å². The number of aromatic nitrogens is 5. The van der Waals surface area contributed by atoms with Gasteiger partial charge in [-0.15, -0.1) is 0 Å². The molecule has 0 aliphatic carbocycles. The maximum Gasteiger partial charge on any atom is 0.238 e. The van der Waals surface area contributed by atoms with Crippen molar-refractivity contribution in [3.63, 3.8) is 0 Å². The summed E-state index contributed by atoms with van der Waals surface area (Å²) in [5.41, 5.74) is 2.14. The number of halogens is 1. The van der Waals surface area contributed by atoms with Gasteiger partial charge in [0, 0.05) is 70.0 Å². The first-order chi connectivity index (χ1) is 18.6. The molecule has 1 fully saturated rings. The number of hydrogen-bond donors (Lipinski definition) is 1. The predicted octanol–water partition coefficient (Wildman–Crippen LogP) is 3.12. The van der Waals surface area contributed by atoms with Gasteiger partial charge in [-0.1, -0.05) is 29.8 Å². The fourth-order valence-corrected chi connectivity index (χ4v) is 4.73. The van der Waals surface area contributed by atoms with Gasteiger partial charge in [0.2, 0.25) is 11.9 Å². The van der Waals surface area contributed by atoms with E-state index in [0.29, 0.717) is 43.0 Å². The number of carbonyl (C=O) groups is 1. The molecule has 5 rings (SSSR count). The van der Waals surface area contributed by atoms with E-state index in [9.17, 15) is 4.79 Å². The average Bonchev–Trinajstić information content (AvgIpc) is 3.48. The lowest BCUT2D eigenvalue weighted by atomic mass is 10.1. The third kappa shape index (κ3) is 6.45. The fourth-order valence-electron chi connectivity index (χ4n) is 4.55. The van der Waals surface area contributed by atoms with Crippen molar-refractivity contribution in [2.24, 2.45) is 0 Å². The zero-order valence-corrected chi connectivity index (χ0v) is 21.8. The van der Waals surface area contributed by atoms with Crippen LogP contribution in [-0.2, 0) is 17.9 Å². The maximum atomic E-state index is 13.1. The molecule has 38 heavy (non-hydrogen) atoms. The molecule has 0 spiro atoms. The number of anilines is 1. The number of carbonyl (C=O) groups excluding carboxylic acids is 1. The Bertz CT molecular complexity index is 1340. The van der Waals surface area contributed by atoms with Gasteiger partial charge in [-0.2, -0.15) is 4.98 Å². The molecule has 0 saturated carbocycles. The number of methoxy groups -OCH3 is 1. The van der Waals surface area contributed by atoms with Crippen LogP contribution in [0, 0.1) is 0 Å². The van der Waals surface area contributed by atoms with E-state index in [1.54, 1.807) is 42.7 Å². The van der Waals surface area contributed by atoms with Crippen LogP contribution in [0.2, 0.25) is 5.15 Å². The largest absolute Gasteiger partial charge is 0.497 e. The lowest BCUT2D eigenvalue weighted by molar-refractivity contribution is -0.121. The van der Waals surface area contributed by atoms with E-state index in [1.807, 2.05) is 36.5 Å². The van der Waals surface area contributed by atoms with Gasteiger partial charge in [-0.3, -0.25) is 19.2 Å². The topological polar surface area (TPSA) is 101 Å². The van der Waals surface area contributed by atoms with Gasteiger partial charge in [0.1, 0.15) is 23.0 Å². The molecule has 196 valence electrons. The summed E-state index contributed by atoms with van der Waals surface area (Å²) in [5.74, 6) is 1.87. The van der Waals surface area contributed by atoms with E-state index < -0.39 is 0 Å². The minimum absolute atomic E-state index is 0.0333. The van der Waals surface area contributed by atoms with Crippen LogP contribution in [0.4, 0.5) is 5.82 Å². The lowest BCUT2D eigenvalue weighted by Crippen LogP contribution is -2.54. The molecule has 1 unspecified atom stereocenters. The van der Waals surface area contributed by atoms with Gasteiger partial charge in [0.05, 0.1) is 13.2 Å². The van der Waals surface area contributed by atoms with Gasteiger partial charge < -0.3 is 15.0 Å². The fraction of sp³-hybridized carbons (Fsp3) is 0.296. The molecular weight excluding hydrogens is 504 g/mol. The first-order valence-corrected chi connectivity index (χ1v) is 12.8. The first-order valence-electron chi connectivity index (χ1n) is 12.4. The van der Waals surface area contributed by atoms with Gasteiger partial charge in [-0.05, 0) is 29.3 Å². The molecule has 10 nitrogen and oxygen atoms in total. The smallest absolute Gasteiger partial charge is 0.238 e. The number of nitrogens with one attached hydrogen (secondary N) is 1. The van der Waals surface area contributed by atoms with Crippen LogP contribution in [0.15, 0.2) is 73.6 Å². The number of rotatable bonds is 9. The highest BCUT2D eigenvalue weighted by molar-refractivity contribution is 6.29. The molecule has 1 aromatic carbocycles. The Hall–Kier alpha value is -4.02. The SMILES string of the molecule is COc1ccc(CNC(=O)CC2CN(Cc3cccnc3)CCN2c2cc(Cl)nc(-n3ccnc3)n2)cc1. The summed E-state index contributed by atoms with van der Waals surface area (Å²) in [7, 11) is 1.63. The Morgan fingerprint density at radius 2 is 1.97 bits per heavy atom. The molecular formula is C27H29ClN8O2. The predicted molar refractivity (Wildman–Crippen MR) is 144 cm³/mol. The third-order valence-electron chi connectivity index (χ3n) is 6.46. The summed E-state index contributed by atoms with van der Waals surface area (Å²) in [5, 5.41) is 3.39. The van der Waals surface area contributed by atoms with E-state index in [4.69, 9.17) is 21.3 Å². The number of imidazole rings is 1. The summed E-state index contributed by atoms with van der Waals surface area (Å²) < 4.78 is 6.93. The van der Waals surface area contributed by atoms with Crippen LogP contribution < -0.4 is 15.0 Å². The molecule has 1 aliphatic rings. The normalized spacial score (nSPS) is 15.8. The molecule has 1 saturated heterocycles. The van der Waals surface area contributed by atoms with Crippen molar-refractivity contribution in [3.05, 3.63) is 89.9 Å². The molecule has 0 bridgehead atoms. The number of nitrogens with zero attached hydrogens (tertiary/aromatic N) is 7. The van der Waals surface area contributed by atoms with Gasteiger partial charge in [-0.25, -0.2) is 9.97 Å². The highest BCUT2D eigenvalue weighted by Gasteiger charge is 2.30. The monoisotopic (exact) mass is 532 g/mol. The second-order valence-electron chi connectivity index (χ2n) is 9.09. The number of piperazine rings is 1. The maximum absolute atomic E-state index is 13.1. The summed E-state index contributed by atoms with van der Waals surface area (Å²) >= 11 is 6.40. The minimum Gasteiger partial charge on any atom is -0.497 e. The number of ether oxygens (including phenoxy) is 1. The Morgan fingerprint density at radius 3 is 2.71 bits per heavy atom. The Labute approximate surface area is 226 Å². The van der Waals surface area contributed by atoms with Gasteiger partial charge in [0.15, 0.2) is 0 Å². The van der Waals surface area contributed by atoms with Crippen molar-refractivity contribution in [1.82, 2.24) is 34.7 Å². The molecule has 4 heterocycles. The molecule has 4 aromatic rings. The molecule has 3 aromatic heterocycles. The van der Waals surface area contributed by atoms with Crippen molar-refractivity contribution < 1.29 is 9.53 Å². The lowest BCUT2D eigenvalue weighted by Gasteiger charge is -2.42. The van der Waals surface area contributed by atoms with Crippen LogP contribution in [0.25, 0.3) is 5.95 Å². The van der Waals surface area contributed by atoms with Crippen molar-refractivity contribution >= 4 is 23.3 Å². The van der Waals surface area contributed by atoms with Crippen LogP contribution in [0.5, 0.6) is 5.75 Å². The van der Waals surface area contributed by atoms with Crippen molar-refractivity contribution in [2.75, 3.05) is 31.6 Å². The molecule has 1 N–H and O–H groups in total. The molecule has 11 heteroatoms. The van der Waals surface area contributed by atoms with Gasteiger partial charge >= 0.3 is 0 Å². The van der Waals surface area contributed by atoms with Crippen LogP contribution >= 0.6 is 11.6 Å². The summed E-state index contributed by atoms with van der Waals surface area (Å²) in [6.07, 6.45) is 9.02. The highest BCUT2D eigenvalue weighted by atomic mass is 35.5. The molecule has 1 amide bonds. The first kappa shape index (κ1) is 25.6. The van der Waals surface area contributed by atoms with Crippen molar-refractivity contribution in [3.8, 4) is 11.7 Å². The van der Waals surface area contributed by atoms with E-state index in [1.165, 1.54) is 0 Å². The number of pyridine rings is 1. The average molecular weight is 533 g/mol. The Kier molecular flexibility index (Phi) is 8.10. The Morgan fingerprint density at radius 1 is 1.11 bits per heavy atom. The zero-order valence-electron chi connectivity index (χ0n) is 21.1. The van der Waals surface area contributed by atoms with E-state index in [-0.39, 0.29) is 11.9 Å². The zero-order chi connectivity index (χ0) is 26.3. The molecule has 1 aliphatic heterocycles. The van der Waals surface area contributed by atoms with E-state index >= 15 is 0 Å². The third-order valence-corrected chi connectivity index (χ3v) is 6.66. The quantitative estimate of drug-likeness (QED) is 0.328. The number of hydrogen-bond acceptors (Lipinski definition) is 8. The van der Waals surface area contributed by atoms with Gasteiger partial charge in [0.25, 0.3) is 0 Å². The van der Waals surface area contributed by atoms with Crippen molar-refractivity contribution in [1.29, 1.82) is 0 Å². The summed E-state index contributed by atoms with van der Waals surface area (Å²) in [4.78, 5) is 35.0.